The standard InChI is InChI=1S/C23H26N2O3S/c1-4-18-15-29-23(24-18)19(12-16-8-6-5-7-9-16)25-22(26)14-17-10-11-20(27-2)21(13-17)28-3/h5-11,13,15,19H,4,12,14H2,1-3H3,(H,25,26)/t19-/m0/s1. The van der Waals surface area contributed by atoms with Gasteiger partial charge in [-0.05, 0) is 36.1 Å². The van der Waals surface area contributed by atoms with E-state index in [4.69, 9.17) is 14.5 Å². The second-order valence-electron chi connectivity index (χ2n) is 6.71. The van der Waals surface area contributed by atoms with Crippen LogP contribution >= 0.6 is 11.3 Å². The largest absolute Gasteiger partial charge is 0.493 e. The Labute approximate surface area is 175 Å². The molecule has 29 heavy (non-hydrogen) atoms. The van der Waals surface area contributed by atoms with Crippen LogP contribution in [0.2, 0.25) is 0 Å². The Kier molecular flexibility index (Phi) is 7.25. The Hall–Kier alpha value is -2.86. The van der Waals surface area contributed by atoms with Crippen LogP contribution in [0.15, 0.2) is 53.9 Å². The summed E-state index contributed by atoms with van der Waals surface area (Å²) in [4.78, 5) is 17.5. The van der Waals surface area contributed by atoms with Crippen LogP contribution in [0.3, 0.4) is 0 Å². The summed E-state index contributed by atoms with van der Waals surface area (Å²) in [6.45, 7) is 2.08. The highest BCUT2D eigenvalue weighted by Crippen LogP contribution is 2.28. The summed E-state index contributed by atoms with van der Waals surface area (Å²) in [5, 5.41) is 6.17. The molecule has 0 saturated heterocycles. The van der Waals surface area contributed by atoms with Crippen LogP contribution in [0.1, 0.15) is 34.8 Å². The first kappa shape index (κ1) is 20.9. The summed E-state index contributed by atoms with van der Waals surface area (Å²) in [6.07, 6.45) is 1.85. The van der Waals surface area contributed by atoms with Gasteiger partial charge in [0.15, 0.2) is 11.5 Å². The van der Waals surface area contributed by atoms with E-state index < -0.39 is 0 Å². The summed E-state index contributed by atoms with van der Waals surface area (Å²) in [6, 6.07) is 15.5. The molecule has 1 aromatic heterocycles. The zero-order chi connectivity index (χ0) is 20.6. The second kappa shape index (κ2) is 10.1. The van der Waals surface area contributed by atoms with Gasteiger partial charge < -0.3 is 14.8 Å². The monoisotopic (exact) mass is 410 g/mol. The third-order valence-electron chi connectivity index (χ3n) is 4.66. The van der Waals surface area contributed by atoms with Gasteiger partial charge in [0.05, 0.1) is 32.4 Å². The lowest BCUT2D eigenvalue weighted by Gasteiger charge is -2.17. The average molecular weight is 411 g/mol. The van der Waals surface area contributed by atoms with Gasteiger partial charge in [0.25, 0.3) is 0 Å². The molecule has 5 nitrogen and oxygen atoms in total. The number of hydrogen-bond acceptors (Lipinski definition) is 5. The van der Waals surface area contributed by atoms with Gasteiger partial charge in [0.2, 0.25) is 5.91 Å². The number of nitrogens with one attached hydrogen (secondary N) is 1. The maximum atomic E-state index is 12.8. The van der Waals surface area contributed by atoms with Crippen molar-refractivity contribution in [3.63, 3.8) is 0 Å². The smallest absolute Gasteiger partial charge is 0.224 e. The fourth-order valence-corrected chi connectivity index (χ4v) is 4.07. The maximum Gasteiger partial charge on any atom is 0.224 e. The first-order valence-corrected chi connectivity index (χ1v) is 10.5. The molecule has 1 N–H and O–H groups in total. The fraction of sp³-hybridized carbons (Fsp3) is 0.304. The van der Waals surface area contributed by atoms with Crippen molar-refractivity contribution in [3.8, 4) is 11.5 Å². The number of carbonyl (C=O) groups excluding carboxylic acids is 1. The molecule has 2 aromatic carbocycles. The molecule has 0 unspecified atom stereocenters. The van der Waals surface area contributed by atoms with Gasteiger partial charge >= 0.3 is 0 Å². The molecule has 0 aliphatic carbocycles. The quantitative estimate of drug-likeness (QED) is 0.569. The second-order valence-corrected chi connectivity index (χ2v) is 7.60. The van der Waals surface area contributed by atoms with Crippen LogP contribution < -0.4 is 14.8 Å². The van der Waals surface area contributed by atoms with Crippen molar-refractivity contribution in [1.82, 2.24) is 10.3 Å². The fourth-order valence-electron chi connectivity index (χ4n) is 3.12. The molecule has 6 heteroatoms. The number of amides is 1. The van der Waals surface area contributed by atoms with Crippen molar-refractivity contribution >= 4 is 17.2 Å². The van der Waals surface area contributed by atoms with E-state index in [-0.39, 0.29) is 18.4 Å². The molecule has 1 atom stereocenters. The third kappa shape index (κ3) is 5.57. The molecular formula is C23H26N2O3S. The summed E-state index contributed by atoms with van der Waals surface area (Å²) < 4.78 is 10.6. The molecule has 1 heterocycles. The van der Waals surface area contributed by atoms with Crippen LogP contribution in [0.4, 0.5) is 0 Å². The zero-order valence-electron chi connectivity index (χ0n) is 17.0. The molecule has 0 bridgehead atoms. The minimum absolute atomic E-state index is 0.0496. The summed E-state index contributed by atoms with van der Waals surface area (Å²) in [5.74, 6) is 1.21. The number of benzene rings is 2. The van der Waals surface area contributed by atoms with Gasteiger partial charge in [-0.2, -0.15) is 0 Å². The lowest BCUT2D eigenvalue weighted by atomic mass is 10.1. The van der Waals surface area contributed by atoms with Crippen molar-refractivity contribution < 1.29 is 14.3 Å². The molecule has 3 aromatic rings. The molecule has 0 aliphatic heterocycles. The van der Waals surface area contributed by atoms with E-state index in [1.54, 1.807) is 25.6 Å². The first-order valence-electron chi connectivity index (χ1n) is 9.61. The van der Waals surface area contributed by atoms with Crippen molar-refractivity contribution in [2.75, 3.05) is 14.2 Å². The van der Waals surface area contributed by atoms with Crippen LogP contribution in [-0.2, 0) is 24.1 Å². The number of aryl methyl sites for hydroxylation is 1. The SMILES string of the molecule is CCc1csc([C@H](Cc2ccccc2)NC(=O)Cc2ccc(OC)c(OC)c2)n1. The Morgan fingerprint density at radius 1 is 1.07 bits per heavy atom. The Morgan fingerprint density at radius 2 is 1.83 bits per heavy atom. The summed E-state index contributed by atoms with van der Waals surface area (Å²) in [5.41, 5.74) is 3.08. The van der Waals surface area contributed by atoms with Crippen molar-refractivity contribution in [2.24, 2.45) is 0 Å². The van der Waals surface area contributed by atoms with Crippen LogP contribution in [0.5, 0.6) is 11.5 Å². The topological polar surface area (TPSA) is 60.5 Å². The Bertz CT molecular complexity index is 940. The Balaban J connectivity index is 1.75. The molecule has 0 spiro atoms. The molecule has 1 amide bonds. The van der Waals surface area contributed by atoms with Crippen LogP contribution in [0.25, 0.3) is 0 Å². The van der Waals surface area contributed by atoms with E-state index in [2.05, 4.69) is 29.8 Å². The highest BCUT2D eigenvalue weighted by molar-refractivity contribution is 7.09. The molecule has 3 rings (SSSR count). The average Bonchev–Trinajstić information content (AvgIpc) is 3.23. The summed E-state index contributed by atoms with van der Waals surface area (Å²) >= 11 is 1.60. The third-order valence-corrected chi connectivity index (χ3v) is 5.67. The molecule has 0 aliphatic rings. The van der Waals surface area contributed by atoms with Crippen molar-refractivity contribution in [1.29, 1.82) is 0 Å². The predicted molar refractivity (Wildman–Crippen MR) is 116 cm³/mol. The maximum absolute atomic E-state index is 12.8. The highest BCUT2D eigenvalue weighted by Gasteiger charge is 2.19. The van der Waals surface area contributed by atoms with Crippen LogP contribution in [-0.4, -0.2) is 25.1 Å². The lowest BCUT2D eigenvalue weighted by Crippen LogP contribution is -2.31. The Morgan fingerprint density at radius 3 is 2.48 bits per heavy atom. The molecule has 0 radical (unpaired) electrons. The van der Waals surface area contributed by atoms with E-state index in [0.29, 0.717) is 17.9 Å². The van der Waals surface area contributed by atoms with Crippen molar-refractivity contribution in [2.45, 2.75) is 32.2 Å². The molecular weight excluding hydrogens is 384 g/mol. The lowest BCUT2D eigenvalue weighted by molar-refractivity contribution is -0.121. The number of rotatable bonds is 9. The van der Waals surface area contributed by atoms with Gasteiger partial charge in [0, 0.05) is 5.38 Å². The summed E-state index contributed by atoms with van der Waals surface area (Å²) in [7, 11) is 3.18. The minimum Gasteiger partial charge on any atom is -0.493 e. The number of hydrogen-bond donors (Lipinski definition) is 1. The van der Waals surface area contributed by atoms with E-state index in [1.807, 2.05) is 36.4 Å². The van der Waals surface area contributed by atoms with E-state index in [9.17, 15) is 4.79 Å². The van der Waals surface area contributed by atoms with E-state index >= 15 is 0 Å². The van der Waals surface area contributed by atoms with Gasteiger partial charge in [0.1, 0.15) is 5.01 Å². The number of thiazole rings is 1. The predicted octanol–water partition coefficient (Wildman–Crippen LogP) is 4.37. The number of nitrogens with zero attached hydrogens (tertiary/aromatic N) is 1. The number of aromatic nitrogens is 1. The minimum atomic E-state index is -0.157. The zero-order valence-corrected chi connectivity index (χ0v) is 17.8. The van der Waals surface area contributed by atoms with Crippen molar-refractivity contribution in [3.05, 3.63) is 75.7 Å². The van der Waals surface area contributed by atoms with Gasteiger partial charge in [-0.25, -0.2) is 4.98 Å². The van der Waals surface area contributed by atoms with Gasteiger partial charge in [-0.1, -0.05) is 43.3 Å². The van der Waals surface area contributed by atoms with E-state index in [1.165, 1.54) is 0 Å². The number of carbonyl (C=O) groups is 1. The normalized spacial score (nSPS) is 11.7. The number of methoxy groups -OCH3 is 2. The molecule has 0 fully saturated rings. The van der Waals surface area contributed by atoms with E-state index in [0.717, 1.165) is 28.2 Å². The molecule has 0 saturated carbocycles. The highest BCUT2D eigenvalue weighted by atomic mass is 32.1. The van der Waals surface area contributed by atoms with Crippen LogP contribution in [0, 0.1) is 0 Å². The molecule has 152 valence electrons. The van der Waals surface area contributed by atoms with Gasteiger partial charge in [-0.3, -0.25) is 4.79 Å². The number of ether oxygens (including phenoxy) is 2. The first-order chi connectivity index (χ1) is 14.1. The van der Waals surface area contributed by atoms with Gasteiger partial charge in [-0.15, -0.1) is 11.3 Å².